The van der Waals surface area contributed by atoms with Crippen molar-refractivity contribution in [3.05, 3.63) is 99.5 Å². The number of carbonyl (C=O) groups is 2. The van der Waals surface area contributed by atoms with Crippen LogP contribution in [-0.4, -0.2) is 48.1 Å². The van der Waals surface area contributed by atoms with Crippen LogP contribution >= 0.6 is 23.2 Å². The fourth-order valence-electron chi connectivity index (χ4n) is 3.85. The van der Waals surface area contributed by atoms with Crippen LogP contribution in [0.25, 0.3) is 0 Å². The molecule has 1 aliphatic heterocycles. The van der Waals surface area contributed by atoms with Crippen LogP contribution in [0.1, 0.15) is 33.9 Å². The van der Waals surface area contributed by atoms with Crippen LogP contribution in [-0.2, 0) is 4.79 Å². The van der Waals surface area contributed by atoms with Crippen molar-refractivity contribution < 1.29 is 14.3 Å². The molecule has 0 saturated heterocycles. The second-order valence-corrected chi connectivity index (χ2v) is 8.77. The van der Waals surface area contributed by atoms with E-state index in [4.69, 9.17) is 27.9 Å². The quantitative estimate of drug-likeness (QED) is 0.456. The largest absolute Gasteiger partial charge is 0.497 e. The number of amides is 2. The number of carbonyl (C=O) groups excluding carboxylic acids is 2. The van der Waals surface area contributed by atoms with Gasteiger partial charge in [0.15, 0.2) is 0 Å². The van der Waals surface area contributed by atoms with Gasteiger partial charge < -0.3 is 9.64 Å². The number of hydrogen-bond donors (Lipinski definition) is 0. The predicted molar refractivity (Wildman–Crippen MR) is 134 cm³/mol. The van der Waals surface area contributed by atoms with Crippen LogP contribution in [0.15, 0.2) is 77.9 Å². The predicted octanol–water partition coefficient (Wildman–Crippen LogP) is 5.45. The Morgan fingerprint density at radius 3 is 2.50 bits per heavy atom. The number of methoxy groups -OCH3 is 1. The van der Waals surface area contributed by atoms with E-state index in [1.165, 1.54) is 9.91 Å². The Morgan fingerprint density at radius 1 is 1.06 bits per heavy atom. The molecule has 3 aromatic rings. The molecule has 0 aliphatic carbocycles. The smallest absolute Gasteiger partial charge is 0.262 e. The highest BCUT2D eigenvalue weighted by molar-refractivity contribution is 6.33. The van der Waals surface area contributed by atoms with Gasteiger partial charge in [-0.25, -0.2) is 5.01 Å². The lowest BCUT2D eigenvalue weighted by Crippen LogP contribution is -2.39. The summed E-state index contributed by atoms with van der Waals surface area (Å²) < 4.78 is 5.34. The van der Waals surface area contributed by atoms with E-state index in [1.807, 2.05) is 36.4 Å². The van der Waals surface area contributed by atoms with Crippen LogP contribution in [0.5, 0.6) is 5.75 Å². The molecule has 8 heteroatoms. The van der Waals surface area contributed by atoms with Gasteiger partial charge in [0, 0.05) is 24.1 Å². The molecule has 174 valence electrons. The number of nitrogens with zero attached hydrogens (tertiary/aromatic N) is 3. The number of hydrazone groups is 1. The molecule has 0 bridgehead atoms. The molecular formula is C26H23Cl2N3O3. The summed E-state index contributed by atoms with van der Waals surface area (Å²) in [6.45, 7) is -0.150. The minimum Gasteiger partial charge on any atom is -0.497 e. The maximum atomic E-state index is 13.4. The zero-order valence-corrected chi connectivity index (χ0v) is 20.3. The first-order valence-electron chi connectivity index (χ1n) is 10.7. The average molecular weight is 496 g/mol. The minimum absolute atomic E-state index is 0.150. The van der Waals surface area contributed by atoms with Crippen molar-refractivity contribution in [1.29, 1.82) is 0 Å². The van der Waals surface area contributed by atoms with Gasteiger partial charge in [-0.2, -0.15) is 5.10 Å². The van der Waals surface area contributed by atoms with E-state index in [0.29, 0.717) is 27.8 Å². The molecular weight excluding hydrogens is 473 g/mol. The van der Waals surface area contributed by atoms with E-state index in [9.17, 15) is 9.59 Å². The van der Waals surface area contributed by atoms with Gasteiger partial charge in [-0.05, 0) is 42.0 Å². The fourth-order valence-corrected chi connectivity index (χ4v) is 4.19. The topological polar surface area (TPSA) is 62.2 Å². The maximum absolute atomic E-state index is 13.4. The van der Waals surface area contributed by atoms with E-state index in [1.54, 1.807) is 50.6 Å². The first-order valence-corrected chi connectivity index (χ1v) is 11.4. The fraction of sp³-hybridized carbons (Fsp3) is 0.192. The number of ether oxygens (including phenoxy) is 1. The van der Waals surface area contributed by atoms with E-state index in [-0.39, 0.29) is 24.4 Å². The first-order chi connectivity index (χ1) is 16.4. The first kappa shape index (κ1) is 23.8. The lowest BCUT2D eigenvalue weighted by molar-refractivity contribution is -0.133. The highest BCUT2D eigenvalue weighted by Gasteiger charge is 2.34. The lowest BCUT2D eigenvalue weighted by atomic mass is 9.98. The zero-order valence-electron chi connectivity index (χ0n) is 18.7. The molecule has 1 heterocycles. The summed E-state index contributed by atoms with van der Waals surface area (Å²) in [6.07, 6.45) is 0.517. The van der Waals surface area contributed by atoms with Crippen molar-refractivity contribution in [2.75, 3.05) is 20.7 Å². The van der Waals surface area contributed by atoms with Crippen LogP contribution in [0.2, 0.25) is 10.0 Å². The molecule has 0 radical (unpaired) electrons. The molecule has 1 aliphatic rings. The molecule has 6 nitrogen and oxygen atoms in total. The normalized spacial score (nSPS) is 15.1. The summed E-state index contributed by atoms with van der Waals surface area (Å²) in [4.78, 5) is 27.6. The summed E-state index contributed by atoms with van der Waals surface area (Å²) in [5.74, 6) is 0.0667. The van der Waals surface area contributed by atoms with Crippen LogP contribution in [0.3, 0.4) is 0 Å². The second-order valence-electron chi connectivity index (χ2n) is 7.93. The highest BCUT2D eigenvalue weighted by Crippen LogP contribution is 2.34. The summed E-state index contributed by atoms with van der Waals surface area (Å²) in [5.41, 5.74) is 2.87. The Morgan fingerprint density at radius 2 is 1.79 bits per heavy atom. The Hall–Kier alpha value is -3.35. The third-order valence-corrected chi connectivity index (χ3v) is 6.23. The summed E-state index contributed by atoms with van der Waals surface area (Å²) in [6, 6.07) is 21.3. The molecule has 3 aromatic carbocycles. The van der Waals surface area contributed by atoms with E-state index >= 15 is 0 Å². The Balaban J connectivity index is 1.61. The molecule has 2 amide bonds. The van der Waals surface area contributed by atoms with Gasteiger partial charge in [0.1, 0.15) is 12.3 Å². The number of benzene rings is 3. The third-order valence-electron chi connectivity index (χ3n) is 5.65. The van der Waals surface area contributed by atoms with Gasteiger partial charge in [0.2, 0.25) is 0 Å². The number of halogens is 2. The van der Waals surface area contributed by atoms with Crippen molar-refractivity contribution >= 4 is 40.7 Å². The number of hydrogen-bond acceptors (Lipinski definition) is 4. The zero-order chi connectivity index (χ0) is 24.2. The van der Waals surface area contributed by atoms with E-state index in [0.717, 1.165) is 16.8 Å². The molecule has 0 spiro atoms. The summed E-state index contributed by atoms with van der Waals surface area (Å²) >= 11 is 12.2. The Bertz CT molecular complexity index is 1240. The van der Waals surface area contributed by atoms with Gasteiger partial charge in [0.05, 0.1) is 29.4 Å². The van der Waals surface area contributed by atoms with Gasteiger partial charge in [-0.3, -0.25) is 9.59 Å². The monoisotopic (exact) mass is 495 g/mol. The molecule has 1 atom stereocenters. The number of rotatable bonds is 6. The molecule has 0 N–H and O–H groups in total. The van der Waals surface area contributed by atoms with Gasteiger partial charge in [-0.1, -0.05) is 59.6 Å². The van der Waals surface area contributed by atoms with E-state index in [2.05, 4.69) is 5.10 Å². The Kier molecular flexibility index (Phi) is 7.20. The molecule has 0 saturated carbocycles. The van der Waals surface area contributed by atoms with Crippen molar-refractivity contribution in [2.45, 2.75) is 12.5 Å². The molecule has 0 aromatic heterocycles. The number of likely N-dealkylation sites (N-methyl/N-ethyl adjacent to an activating group) is 1. The summed E-state index contributed by atoms with van der Waals surface area (Å²) in [7, 11) is 3.18. The minimum atomic E-state index is -0.335. The van der Waals surface area contributed by atoms with Crippen molar-refractivity contribution in [1.82, 2.24) is 9.91 Å². The van der Waals surface area contributed by atoms with Crippen molar-refractivity contribution in [2.24, 2.45) is 5.10 Å². The van der Waals surface area contributed by atoms with Gasteiger partial charge in [0.25, 0.3) is 11.8 Å². The average Bonchev–Trinajstić information content (AvgIpc) is 3.30. The lowest BCUT2D eigenvalue weighted by Gasteiger charge is -2.25. The molecule has 1 unspecified atom stereocenters. The Labute approximate surface area is 208 Å². The van der Waals surface area contributed by atoms with Crippen molar-refractivity contribution in [3.8, 4) is 5.75 Å². The van der Waals surface area contributed by atoms with Crippen molar-refractivity contribution in [3.63, 3.8) is 0 Å². The second kappa shape index (κ2) is 10.3. The van der Waals surface area contributed by atoms with Crippen LogP contribution < -0.4 is 4.74 Å². The molecule has 0 fully saturated rings. The standard InChI is InChI=1S/C26H23Cl2N3O3/c1-30(26(33)21-8-3-4-9-22(21)28)16-25(32)31-24(17-10-12-19(27)13-11-17)15-23(29-31)18-6-5-7-20(14-18)34-2/h3-14,24H,15-16H2,1-2H3. The van der Waals surface area contributed by atoms with Gasteiger partial charge in [-0.15, -0.1) is 0 Å². The third kappa shape index (κ3) is 5.08. The van der Waals surface area contributed by atoms with Crippen LogP contribution in [0.4, 0.5) is 0 Å². The highest BCUT2D eigenvalue weighted by atomic mass is 35.5. The molecule has 34 heavy (non-hydrogen) atoms. The van der Waals surface area contributed by atoms with E-state index < -0.39 is 0 Å². The van der Waals surface area contributed by atoms with Crippen LogP contribution in [0, 0.1) is 0 Å². The van der Waals surface area contributed by atoms with Gasteiger partial charge >= 0.3 is 0 Å². The molecule has 4 rings (SSSR count). The summed E-state index contributed by atoms with van der Waals surface area (Å²) in [5, 5.41) is 7.07. The maximum Gasteiger partial charge on any atom is 0.262 e. The SMILES string of the molecule is COc1cccc(C2=NN(C(=O)CN(C)C(=O)c3ccccc3Cl)C(c3ccc(Cl)cc3)C2)c1.